The number of rotatable bonds is 6. The molecule has 2 saturated carbocycles. The molecule has 4 aromatic rings. The molecule has 2 aliphatic rings. The molecule has 4 heteroatoms. The standard InChI is InChI=1S/C17H21NO.C17H19NO/c2*19-12-13-10-17(18-11-13)16-8-6-15(7-9-16)14-4-2-1-3-5-14/h6-11,14,18-19H,1-5,12H2;6-12,14,18H,1-5H2. The van der Waals surface area contributed by atoms with Gasteiger partial charge in [-0.05, 0) is 77.5 Å². The van der Waals surface area contributed by atoms with E-state index in [1.54, 1.807) is 6.20 Å². The molecular formula is C34H40N2O2. The maximum atomic E-state index is 10.7. The largest absolute Gasteiger partial charge is 0.392 e. The molecule has 0 atom stereocenters. The van der Waals surface area contributed by atoms with Gasteiger partial charge in [0, 0.05) is 29.3 Å². The topological polar surface area (TPSA) is 68.9 Å². The Balaban J connectivity index is 0.000000155. The van der Waals surface area contributed by atoms with Crippen LogP contribution in [0.25, 0.3) is 22.5 Å². The second-order valence-electron chi connectivity index (χ2n) is 11.0. The van der Waals surface area contributed by atoms with Gasteiger partial charge in [0.25, 0.3) is 0 Å². The molecular weight excluding hydrogens is 468 g/mol. The fraction of sp³-hybridized carbons (Fsp3) is 0.382. The molecule has 3 N–H and O–H groups in total. The zero-order chi connectivity index (χ0) is 26.2. The predicted molar refractivity (Wildman–Crippen MR) is 155 cm³/mol. The number of carbonyl (C=O) groups excluding carboxylic acids is 1. The van der Waals surface area contributed by atoms with E-state index in [4.69, 9.17) is 5.11 Å². The summed E-state index contributed by atoms with van der Waals surface area (Å²) in [5, 5.41) is 9.09. The van der Waals surface area contributed by atoms with Crippen LogP contribution in [0.2, 0.25) is 0 Å². The molecule has 4 nitrogen and oxygen atoms in total. The van der Waals surface area contributed by atoms with Crippen LogP contribution < -0.4 is 0 Å². The first-order chi connectivity index (χ1) is 18.7. The van der Waals surface area contributed by atoms with Gasteiger partial charge in [-0.1, -0.05) is 87.1 Å². The van der Waals surface area contributed by atoms with Gasteiger partial charge < -0.3 is 15.1 Å². The molecule has 0 bridgehead atoms. The van der Waals surface area contributed by atoms with Gasteiger partial charge in [-0.3, -0.25) is 4.79 Å². The van der Waals surface area contributed by atoms with E-state index in [2.05, 4.69) is 58.5 Å². The van der Waals surface area contributed by atoms with Crippen LogP contribution in [0.15, 0.2) is 73.1 Å². The molecule has 2 aromatic carbocycles. The molecule has 0 radical (unpaired) electrons. The molecule has 0 saturated heterocycles. The van der Waals surface area contributed by atoms with Crippen molar-refractivity contribution in [3.05, 3.63) is 95.3 Å². The number of aromatic amines is 2. The first-order valence-corrected chi connectivity index (χ1v) is 14.4. The number of aliphatic hydroxyl groups excluding tert-OH is 1. The fourth-order valence-electron chi connectivity index (χ4n) is 6.08. The molecule has 0 aliphatic heterocycles. The fourth-order valence-corrected chi connectivity index (χ4v) is 6.08. The Hall–Kier alpha value is -3.37. The average molecular weight is 509 g/mol. The number of benzene rings is 2. The Morgan fingerprint density at radius 3 is 1.55 bits per heavy atom. The highest BCUT2D eigenvalue weighted by atomic mass is 16.3. The third-order valence-electron chi connectivity index (χ3n) is 8.36. The van der Waals surface area contributed by atoms with Crippen LogP contribution in [0, 0.1) is 0 Å². The van der Waals surface area contributed by atoms with Crippen molar-refractivity contribution in [1.82, 2.24) is 9.97 Å². The average Bonchev–Trinajstić information content (AvgIpc) is 3.69. The van der Waals surface area contributed by atoms with Crippen molar-refractivity contribution < 1.29 is 9.90 Å². The van der Waals surface area contributed by atoms with Gasteiger partial charge in [-0.15, -0.1) is 0 Å². The van der Waals surface area contributed by atoms with Crippen LogP contribution in [0.4, 0.5) is 0 Å². The minimum atomic E-state index is 0.0939. The van der Waals surface area contributed by atoms with E-state index < -0.39 is 0 Å². The lowest BCUT2D eigenvalue weighted by atomic mass is 9.84. The van der Waals surface area contributed by atoms with Crippen LogP contribution >= 0.6 is 0 Å². The third kappa shape index (κ3) is 6.54. The van der Waals surface area contributed by atoms with Crippen LogP contribution in [0.5, 0.6) is 0 Å². The summed E-state index contributed by atoms with van der Waals surface area (Å²) in [6.07, 6.45) is 18.1. The monoisotopic (exact) mass is 508 g/mol. The van der Waals surface area contributed by atoms with Gasteiger partial charge in [-0.2, -0.15) is 0 Å². The van der Waals surface area contributed by atoms with Crippen molar-refractivity contribution in [1.29, 1.82) is 0 Å². The van der Waals surface area contributed by atoms with Gasteiger partial charge in [0.2, 0.25) is 0 Å². The number of hydrogen-bond acceptors (Lipinski definition) is 2. The van der Waals surface area contributed by atoms with Gasteiger partial charge in [0.1, 0.15) is 0 Å². The lowest BCUT2D eigenvalue weighted by molar-refractivity contribution is 0.112. The third-order valence-corrected chi connectivity index (χ3v) is 8.36. The van der Waals surface area contributed by atoms with Gasteiger partial charge in [0.05, 0.1) is 6.61 Å². The Morgan fingerprint density at radius 2 is 1.13 bits per heavy atom. The second kappa shape index (κ2) is 12.9. The number of nitrogens with one attached hydrogen (secondary N) is 2. The van der Waals surface area contributed by atoms with E-state index in [0.29, 0.717) is 5.56 Å². The zero-order valence-electron chi connectivity index (χ0n) is 22.3. The smallest absolute Gasteiger partial charge is 0.151 e. The highest BCUT2D eigenvalue weighted by Gasteiger charge is 2.16. The van der Waals surface area contributed by atoms with Crippen LogP contribution in [-0.4, -0.2) is 21.4 Å². The molecule has 0 unspecified atom stereocenters. The van der Waals surface area contributed by atoms with E-state index in [9.17, 15) is 4.79 Å². The van der Waals surface area contributed by atoms with Crippen LogP contribution in [0.1, 0.15) is 103 Å². The number of hydrogen-bond donors (Lipinski definition) is 3. The minimum Gasteiger partial charge on any atom is -0.392 e. The summed E-state index contributed by atoms with van der Waals surface area (Å²) in [4.78, 5) is 17.0. The van der Waals surface area contributed by atoms with E-state index in [1.165, 1.54) is 80.9 Å². The van der Waals surface area contributed by atoms with Crippen molar-refractivity contribution in [3.63, 3.8) is 0 Å². The summed E-state index contributed by atoms with van der Waals surface area (Å²) in [5.74, 6) is 1.51. The Kier molecular flexibility index (Phi) is 8.93. The van der Waals surface area contributed by atoms with E-state index in [1.807, 2.05) is 18.3 Å². The van der Waals surface area contributed by atoms with E-state index in [-0.39, 0.29) is 6.61 Å². The number of aldehydes is 1. The summed E-state index contributed by atoms with van der Waals surface area (Å²) < 4.78 is 0. The quantitative estimate of drug-likeness (QED) is 0.228. The van der Waals surface area contributed by atoms with Crippen molar-refractivity contribution in [2.24, 2.45) is 0 Å². The van der Waals surface area contributed by atoms with Gasteiger partial charge >= 0.3 is 0 Å². The number of aliphatic hydroxyl groups is 1. The molecule has 0 amide bonds. The lowest BCUT2D eigenvalue weighted by Crippen LogP contribution is -2.04. The highest BCUT2D eigenvalue weighted by molar-refractivity contribution is 5.78. The minimum absolute atomic E-state index is 0.0939. The first-order valence-electron chi connectivity index (χ1n) is 14.4. The Morgan fingerprint density at radius 1 is 0.658 bits per heavy atom. The first kappa shape index (κ1) is 26.2. The Labute approximate surface area is 226 Å². The van der Waals surface area contributed by atoms with Crippen molar-refractivity contribution in [3.8, 4) is 22.5 Å². The van der Waals surface area contributed by atoms with Crippen molar-refractivity contribution in [2.45, 2.75) is 82.7 Å². The van der Waals surface area contributed by atoms with E-state index in [0.717, 1.165) is 40.6 Å². The SMILES string of the molecule is O=Cc1c[nH]c(-c2ccc(C3CCCCC3)cc2)c1.OCc1c[nH]c(-c2ccc(C3CCCCC3)cc2)c1. The van der Waals surface area contributed by atoms with Crippen LogP contribution in [0.3, 0.4) is 0 Å². The summed E-state index contributed by atoms with van der Waals surface area (Å²) in [6.45, 7) is 0.0939. The van der Waals surface area contributed by atoms with Crippen molar-refractivity contribution in [2.75, 3.05) is 0 Å². The highest BCUT2D eigenvalue weighted by Crippen LogP contribution is 2.34. The lowest BCUT2D eigenvalue weighted by Gasteiger charge is -2.22. The second-order valence-corrected chi connectivity index (χ2v) is 11.0. The number of aromatic nitrogens is 2. The Bertz CT molecular complexity index is 1270. The zero-order valence-corrected chi connectivity index (χ0v) is 22.3. The van der Waals surface area contributed by atoms with Crippen LogP contribution in [-0.2, 0) is 6.61 Å². The van der Waals surface area contributed by atoms with Gasteiger partial charge in [0.15, 0.2) is 6.29 Å². The predicted octanol–water partition coefficient (Wildman–Crippen LogP) is 8.76. The summed E-state index contributed by atoms with van der Waals surface area (Å²) in [5.41, 5.74) is 9.02. The summed E-state index contributed by atoms with van der Waals surface area (Å²) in [6, 6.07) is 21.6. The maximum Gasteiger partial charge on any atom is 0.151 e. The molecule has 2 fully saturated rings. The normalized spacial score (nSPS) is 16.6. The molecule has 198 valence electrons. The molecule has 38 heavy (non-hydrogen) atoms. The molecule has 2 aromatic heterocycles. The van der Waals surface area contributed by atoms with Crippen molar-refractivity contribution >= 4 is 6.29 Å². The molecule has 2 heterocycles. The number of H-pyrrole nitrogens is 2. The maximum absolute atomic E-state index is 10.7. The van der Waals surface area contributed by atoms with E-state index >= 15 is 0 Å². The summed E-state index contributed by atoms with van der Waals surface area (Å²) in [7, 11) is 0. The summed E-state index contributed by atoms with van der Waals surface area (Å²) >= 11 is 0. The molecule has 6 rings (SSSR count). The van der Waals surface area contributed by atoms with Gasteiger partial charge in [-0.25, -0.2) is 0 Å². The molecule has 0 spiro atoms. The molecule has 2 aliphatic carbocycles. The number of carbonyl (C=O) groups is 1.